The fourth-order valence-corrected chi connectivity index (χ4v) is 1.99. The van der Waals surface area contributed by atoms with Crippen LogP contribution in [0.2, 0.25) is 5.02 Å². The van der Waals surface area contributed by atoms with Crippen molar-refractivity contribution in [2.24, 2.45) is 10.7 Å². The number of halogens is 1. The fraction of sp³-hybridized carbons (Fsp3) is 0.300. The topological polar surface area (TPSA) is 50.4 Å². The molecule has 74 valence electrons. The van der Waals surface area contributed by atoms with E-state index in [4.69, 9.17) is 17.3 Å². The molecule has 1 aliphatic rings. The molecule has 14 heavy (non-hydrogen) atoms. The van der Waals surface area contributed by atoms with Crippen LogP contribution in [0, 0.1) is 0 Å². The Labute approximate surface area is 88.0 Å². The lowest BCUT2D eigenvalue weighted by atomic mass is 10.0. The standard InChI is InChI=1S/C10H12ClN3/c1-6-10-7(11)3-2-4-8(10)14-9(5-12)13-6/h2-4,6H,5,12H2,1H3,(H,13,14). The Morgan fingerprint density at radius 1 is 1.57 bits per heavy atom. The van der Waals surface area contributed by atoms with Gasteiger partial charge < -0.3 is 11.1 Å². The van der Waals surface area contributed by atoms with Crippen LogP contribution < -0.4 is 11.1 Å². The maximum absolute atomic E-state index is 6.09. The number of rotatable bonds is 1. The third kappa shape index (κ3) is 1.49. The van der Waals surface area contributed by atoms with E-state index in [1.807, 2.05) is 18.2 Å². The van der Waals surface area contributed by atoms with Crippen LogP contribution in [0.25, 0.3) is 0 Å². The highest BCUT2D eigenvalue weighted by Gasteiger charge is 2.19. The van der Waals surface area contributed by atoms with E-state index in [0.717, 1.165) is 22.1 Å². The predicted molar refractivity (Wildman–Crippen MR) is 59.2 cm³/mol. The zero-order valence-electron chi connectivity index (χ0n) is 7.92. The van der Waals surface area contributed by atoms with Gasteiger partial charge in [-0.25, -0.2) is 4.99 Å². The van der Waals surface area contributed by atoms with Crippen molar-refractivity contribution in [2.45, 2.75) is 13.0 Å². The average molecular weight is 210 g/mol. The van der Waals surface area contributed by atoms with Crippen LogP contribution in [0.5, 0.6) is 0 Å². The molecule has 3 N–H and O–H groups in total. The summed E-state index contributed by atoms with van der Waals surface area (Å²) in [7, 11) is 0. The van der Waals surface area contributed by atoms with Gasteiger partial charge in [0, 0.05) is 10.6 Å². The molecule has 1 atom stereocenters. The van der Waals surface area contributed by atoms with Crippen molar-refractivity contribution < 1.29 is 0 Å². The molecule has 0 spiro atoms. The van der Waals surface area contributed by atoms with Gasteiger partial charge in [0.15, 0.2) is 0 Å². The van der Waals surface area contributed by atoms with Crippen LogP contribution in [0.4, 0.5) is 5.69 Å². The Morgan fingerprint density at radius 3 is 3.07 bits per heavy atom. The number of benzene rings is 1. The SMILES string of the molecule is CC1NC(CN)=Nc2cccc(Cl)c21. The summed E-state index contributed by atoms with van der Waals surface area (Å²) in [5.74, 6) is 0.812. The smallest absolute Gasteiger partial charge is 0.116 e. The second kappa shape index (κ2) is 3.59. The number of nitrogens with zero attached hydrogens (tertiary/aromatic N) is 1. The van der Waals surface area contributed by atoms with Crippen LogP contribution in [0.1, 0.15) is 18.5 Å². The molecule has 0 amide bonds. The molecule has 0 fully saturated rings. The molecule has 2 rings (SSSR count). The number of aliphatic imine (C=N–C) groups is 1. The van der Waals surface area contributed by atoms with Crippen molar-refractivity contribution in [1.82, 2.24) is 5.32 Å². The number of hydrogen-bond acceptors (Lipinski definition) is 3. The molecular formula is C10H12ClN3. The molecule has 0 bridgehead atoms. The van der Waals surface area contributed by atoms with Crippen molar-refractivity contribution >= 4 is 23.1 Å². The molecule has 4 heteroatoms. The van der Waals surface area contributed by atoms with E-state index < -0.39 is 0 Å². The van der Waals surface area contributed by atoms with Crippen molar-refractivity contribution in [3.05, 3.63) is 28.8 Å². The number of amidine groups is 1. The van der Waals surface area contributed by atoms with Gasteiger partial charge in [0.25, 0.3) is 0 Å². The lowest BCUT2D eigenvalue weighted by molar-refractivity contribution is 0.698. The van der Waals surface area contributed by atoms with E-state index in [1.54, 1.807) is 0 Å². The summed E-state index contributed by atoms with van der Waals surface area (Å²) in [5, 5.41) is 3.96. The Morgan fingerprint density at radius 2 is 2.36 bits per heavy atom. The number of nitrogens with two attached hydrogens (primary N) is 1. The summed E-state index contributed by atoms with van der Waals surface area (Å²) in [4.78, 5) is 4.37. The maximum Gasteiger partial charge on any atom is 0.116 e. The first-order valence-corrected chi connectivity index (χ1v) is 4.92. The zero-order valence-corrected chi connectivity index (χ0v) is 8.67. The second-order valence-corrected chi connectivity index (χ2v) is 3.71. The largest absolute Gasteiger partial charge is 0.366 e. The van der Waals surface area contributed by atoms with Gasteiger partial charge in [-0.2, -0.15) is 0 Å². The molecule has 0 aliphatic carbocycles. The summed E-state index contributed by atoms with van der Waals surface area (Å²) in [6, 6.07) is 5.90. The van der Waals surface area contributed by atoms with Crippen LogP contribution in [0.3, 0.4) is 0 Å². The van der Waals surface area contributed by atoms with Crippen LogP contribution in [0.15, 0.2) is 23.2 Å². The molecule has 1 aliphatic heterocycles. The Bertz CT molecular complexity index is 387. The van der Waals surface area contributed by atoms with Crippen LogP contribution in [-0.2, 0) is 0 Å². The molecule has 0 saturated carbocycles. The quantitative estimate of drug-likeness (QED) is 0.743. The predicted octanol–water partition coefficient (Wildman–Crippen LogP) is 1.99. The third-order valence-electron chi connectivity index (χ3n) is 2.29. The summed E-state index contributed by atoms with van der Waals surface area (Å²) < 4.78 is 0. The monoisotopic (exact) mass is 209 g/mol. The first-order valence-electron chi connectivity index (χ1n) is 4.55. The van der Waals surface area contributed by atoms with Gasteiger partial charge >= 0.3 is 0 Å². The minimum Gasteiger partial charge on any atom is -0.366 e. The highest BCUT2D eigenvalue weighted by molar-refractivity contribution is 6.31. The van der Waals surface area contributed by atoms with Gasteiger partial charge in [0.05, 0.1) is 18.3 Å². The number of nitrogens with one attached hydrogen (secondary N) is 1. The lowest BCUT2D eigenvalue weighted by Crippen LogP contribution is -2.35. The Hall–Kier alpha value is -1.06. The molecule has 1 aromatic rings. The van der Waals surface area contributed by atoms with Gasteiger partial charge in [-0.1, -0.05) is 17.7 Å². The normalized spacial score (nSPS) is 19.6. The van der Waals surface area contributed by atoms with Gasteiger partial charge in [-0.3, -0.25) is 0 Å². The molecular weight excluding hydrogens is 198 g/mol. The molecule has 1 unspecified atom stereocenters. The van der Waals surface area contributed by atoms with E-state index >= 15 is 0 Å². The first kappa shape index (κ1) is 9.49. The van der Waals surface area contributed by atoms with E-state index in [1.165, 1.54) is 0 Å². The minimum atomic E-state index is 0.176. The Balaban J connectivity index is 2.54. The summed E-state index contributed by atoms with van der Waals surface area (Å²) in [6.45, 7) is 2.48. The van der Waals surface area contributed by atoms with Crippen molar-refractivity contribution in [3.63, 3.8) is 0 Å². The van der Waals surface area contributed by atoms with Gasteiger partial charge in [0.1, 0.15) is 5.84 Å². The van der Waals surface area contributed by atoms with Crippen molar-refractivity contribution in [2.75, 3.05) is 6.54 Å². The molecule has 0 aromatic heterocycles. The van der Waals surface area contributed by atoms with Gasteiger partial charge in [-0.05, 0) is 19.1 Å². The maximum atomic E-state index is 6.09. The number of fused-ring (bicyclic) bond motifs is 1. The Kier molecular flexibility index (Phi) is 2.44. The zero-order chi connectivity index (χ0) is 10.1. The van der Waals surface area contributed by atoms with Crippen molar-refractivity contribution in [1.29, 1.82) is 0 Å². The lowest BCUT2D eigenvalue weighted by Gasteiger charge is -2.24. The molecule has 3 nitrogen and oxygen atoms in total. The highest BCUT2D eigenvalue weighted by Crippen LogP contribution is 2.34. The number of hydrogen-bond donors (Lipinski definition) is 2. The van der Waals surface area contributed by atoms with E-state index in [2.05, 4.69) is 17.2 Å². The van der Waals surface area contributed by atoms with E-state index in [9.17, 15) is 0 Å². The summed E-state index contributed by atoms with van der Waals surface area (Å²) in [6.07, 6.45) is 0. The summed E-state index contributed by atoms with van der Waals surface area (Å²) >= 11 is 6.09. The molecule has 1 heterocycles. The van der Waals surface area contributed by atoms with Crippen LogP contribution in [-0.4, -0.2) is 12.4 Å². The van der Waals surface area contributed by atoms with Crippen molar-refractivity contribution in [3.8, 4) is 0 Å². The molecule has 1 aromatic carbocycles. The highest BCUT2D eigenvalue weighted by atomic mass is 35.5. The van der Waals surface area contributed by atoms with Crippen LogP contribution >= 0.6 is 11.6 Å². The van der Waals surface area contributed by atoms with E-state index in [0.29, 0.717) is 6.54 Å². The fourth-order valence-electron chi connectivity index (χ4n) is 1.66. The molecule has 0 saturated heterocycles. The van der Waals surface area contributed by atoms with Gasteiger partial charge in [0.2, 0.25) is 0 Å². The second-order valence-electron chi connectivity index (χ2n) is 3.30. The minimum absolute atomic E-state index is 0.176. The first-order chi connectivity index (χ1) is 6.72. The summed E-state index contributed by atoms with van der Waals surface area (Å²) in [5.41, 5.74) is 7.50. The average Bonchev–Trinajstić information content (AvgIpc) is 2.17. The molecule has 0 radical (unpaired) electrons. The third-order valence-corrected chi connectivity index (χ3v) is 2.62. The van der Waals surface area contributed by atoms with Gasteiger partial charge in [-0.15, -0.1) is 0 Å². The van der Waals surface area contributed by atoms with E-state index in [-0.39, 0.29) is 6.04 Å².